The zero-order valence-electron chi connectivity index (χ0n) is 12.4. The van der Waals surface area contributed by atoms with E-state index in [1.807, 2.05) is 30.3 Å². The van der Waals surface area contributed by atoms with Crippen LogP contribution in [0.15, 0.2) is 67.4 Å². The predicted octanol–water partition coefficient (Wildman–Crippen LogP) is 4.10. The second kappa shape index (κ2) is 6.58. The zero-order valence-corrected chi connectivity index (χ0v) is 12.4. The molecule has 2 aromatic carbocycles. The SMILES string of the molecule is C=CCNCc1cn(Cc2ccccc2F)c2ccccc12. The molecule has 3 rings (SSSR count). The maximum Gasteiger partial charge on any atom is 0.128 e. The number of fused-ring (bicyclic) bond motifs is 1. The molecule has 0 amide bonds. The van der Waals surface area contributed by atoms with Crippen LogP contribution in [-0.2, 0) is 13.1 Å². The Morgan fingerprint density at radius 3 is 2.64 bits per heavy atom. The van der Waals surface area contributed by atoms with E-state index in [1.54, 1.807) is 6.07 Å². The summed E-state index contributed by atoms with van der Waals surface area (Å²) in [5.74, 6) is -0.161. The van der Waals surface area contributed by atoms with Crippen molar-refractivity contribution in [3.8, 4) is 0 Å². The Kier molecular flexibility index (Phi) is 4.35. The minimum atomic E-state index is -0.161. The molecule has 0 aliphatic heterocycles. The van der Waals surface area contributed by atoms with Crippen molar-refractivity contribution in [1.29, 1.82) is 0 Å². The quantitative estimate of drug-likeness (QED) is 0.535. The van der Waals surface area contributed by atoms with Crippen molar-refractivity contribution in [1.82, 2.24) is 9.88 Å². The van der Waals surface area contributed by atoms with Gasteiger partial charge in [0.15, 0.2) is 0 Å². The van der Waals surface area contributed by atoms with E-state index in [4.69, 9.17) is 0 Å². The lowest BCUT2D eigenvalue weighted by Crippen LogP contribution is -2.12. The van der Waals surface area contributed by atoms with Crippen molar-refractivity contribution < 1.29 is 4.39 Å². The third kappa shape index (κ3) is 2.95. The van der Waals surface area contributed by atoms with Crippen LogP contribution in [0.5, 0.6) is 0 Å². The highest BCUT2D eigenvalue weighted by Gasteiger charge is 2.09. The smallest absolute Gasteiger partial charge is 0.128 e. The van der Waals surface area contributed by atoms with E-state index in [2.05, 4.69) is 34.8 Å². The van der Waals surface area contributed by atoms with Crippen molar-refractivity contribution in [3.63, 3.8) is 0 Å². The van der Waals surface area contributed by atoms with Crippen LogP contribution in [0.25, 0.3) is 10.9 Å². The molecular formula is C19H19FN2. The molecule has 0 aliphatic carbocycles. The third-order valence-corrected chi connectivity index (χ3v) is 3.77. The van der Waals surface area contributed by atoms with E-state index in [1.165, 1.54) is 17.0 Å². The summed E-state index contributed by atoms with van der Waals surface area (Å²) in [6, 6.07) is 15.2. The fourth-order valence-electron chi connectivity index (χ4n) is 2.71. The number of nitrogens with zero attached hydrogens (tertiary/aromatic N) is 1. The second-order valence-electron chi connectivity index (χ2n) is 5.31. The summed E-state index contributed by atoms with van der Waals surface area (Å²) in [5, 5.41) is 4.53. The number of hydrogen-bond donors (Lipinski definition) is 1. The van der Waals surface area contributed by atoms with E-state index >= 15 is 0 Å². The van der Waals surface area contributed by atoms with Crippen molar-refractivity contribution in [2.45, 2.75) is 13.1 Å². The van der Waals surface area contributed by atoms with E-state index in [9.17, 15) is 4.39 Å². The molecule has 0 saturated carbocycles. The fourth-order valence-corrected chi connectivity index (χ4v) is 2.71. The molecule has 0 unspecified atom stereocenters. The van der Waals surface area contributed by atoms with Gasteiger partial charge < -0.3 is 9.88 Å². The maximum absolute atomic E-state index is 13.9. The molecular weight excluding hydrogens is 275 g/mol. The van der Waals surface area contributed by atoms with Gasteiger partial charge >= 0.3 is 0 Å². The Labute approximate surface area is 129 Å². The minimum absolute atomic E-state index is 0.161. The van der Waals surface area contributed by atoms with Gasteiger partial charge in [0.25, 0.3) is 0 Å². The van der Waals surface area contributed by atoms with E-state index in [0.717, 1.165) is 18.6 Å². The van der Waals surface area contributed by atoms with Gasteiger partial charge in [-0.3, -0.25) is 0 Å². The molecule has 0 radical (unpaired) electrons. The molecule has 0 spiro atoms. The highest BCUT2D eigenvalue weighted by molar-refractivity contribution is 5.84. The third-order valence-electron chi connectivity index (χ3n) is 3.77. The molecule has 0 saturated heterocycles. The number of aromatic nitrogens is 1. The average molecular weight is 294 g/mol. The lowest BCUT2D eigenvalue weighted by Gasteiger charge is -2.06. The van der Waals surface area contributed by atoms with Gasteiger partial charge in [0.05, 0.1) is 6.54 Å². The van der Waals surface area contributed by atoms with Crippen molar-refractivity contribution in [3.05, 3.63) is 84.3 Å². The molecule has 1 aromatic heterocycles. The summed E-state index contributed by atoms with van der Waals surface area (Å²) >= 11 is 0. The molecule has 0 bridgehead atoms. The van der Waals surface area contributed by atoms with Crippen LogP contribution in [0.3, 0.4) is 0 Å². The topological polar surface area (TPSA) is 17.0 Å². The van der Waals surface area contributed by atoms with Crippen molar-refractivity contribution in [2.75, 3.05) is 6.54 Å². The molecule has 112 valence electrons. The molecule has 3 aromatic rings. The number of hydrogen-bond acceptors (Lipinski definition) is 1. The minimum Gasteiger partial charge on any atom is -0.343 e. The van der Waals surface area contributed by atoms with Crippen LogP contribution in [0.4, 0.5) is 4.39 Å². The van der Waals surface area contributed by atoms with Gasteiger partial charge in [0.2, 0.25) is 0 Å². The standard InChI is InChI=1S/C19H19FN2/c1-2-11-21-12-16-14-22(19-10-6-4-8-17(16)19)13-15-7-3-5-9-18(15)20/h2-10,14,21H,1,11-13H2. The maximum atomic E-state index is 13.9. The number of nitrogens with one attached hydrogen (secondary N) is 1. The van der Waals surface area contributed by atoms with E-state index in [0.29, 0.717) is 12.1 Å². The number of halogens is 1. The second-order valence-corrected chi connectivity index (χ2v) is 5.31. The van der Waals surface area contributed by atoms with Gasteiger partial charge in [-0.1, -0.05) is 42.5 Å². The Morgan fingerprint density at radius 1 is 1.05 bits per heavy atom. The lowest BCUT2D eigenvalue weighted by molar-refractivity contribution is 0.601. The summed E-state index contributed by atoms with van der Waals surface area (Å²) in [5.41, 5.74) is 3.05. The summed E-state index contributed by atoms with van der Waals surface area (Å²) in [7, 11) is 0. The van der Waals surface area contributed by atoms with E-state index in [-0.39, 0.29) is 5.82 Å². The Bertz CT molecular complexity index is 789. The Balaban J connectivity index is 1.95. The molecule has 1 N–H and O–H groups in total. The normalized spacial score (nSPS) is 11.0. The fraction of sp³-hybridized carbons (Fsp3) is 0.158. The van der Waals surface area contributed by atoms with Crippen LogP contribution in [0, 0.1) is 5.82 Å². The molecule has 0 fully saturated rings. The zero-order chi connectivity index (χ0) is 15.4. The lowest BCUT2D eigenvalue weighted by atomic mass is 10.2. The summed E-state index contributed by atoms with van der Waals surface area (Å²) < 4.78 is 16.0. The van der Waals surface area contributed by atoms with Gasteiger partial charge in [0.1, 0.15) is 5.82 Å². The number of para-hydroxylation sites is 1. The molecule has 0 aliphatic rings. The number of benzene rings is 2. The van der Waals surface area contributed by atoms with Crippen LogP contribution < -0.4 is 5.32 Å². The van der Waals surface area contributed by atoms with Crippen LogP contribution in [0.2, 0.25) is 0 Å². The van der Waals surface area contributed by atoms with E-state index < -0.39 is 0 Å². The highest BCUT2D eigenvalue weighted by Crippen LogP contribution is 2.23. The van der Waals surface area contributed by atoms with Crippen LogP contribution in [0.1, 0.15) is 11.1 Å². The first-order valence-electron chi connectivity index (χ1n) is 7.41. The Morgan fingerprint density at radius 2 is 1.82 bits per heavy atom. The summed E-state index contributed by atoms with van der Waals surface area (Å²) in [4.78, 5) is 0. The molecule has 0 atom stereocenters. The largest absolute Gasteiger partial charge is 0.343 e. The van der Waals surface area contributed by atoms with Gasteiger partial charge in [-0.2, -0.15) is 0 Å². The van der Waals surface area contributed by atoms with Crippen molar-refractivity contribution in [2.24, 2.45) is 0 Å². The Hall–Kier alpha value is -2.39. The van der Waals surface area contributed by atoms with Gasteiger partial charge in [-0.15, -0.1) is 6.58 Å². The van der Waals surface area contributed by atoms with Crippen LogP contribution in [-0.4, -0.2) is 11.1 Å². The summed E-state index contributed by atoms with van der Waals surface area (Å²) in [6.45, 7) is 5.80. The van der Waals surface area contributed by atoms with Crippen molar-refractivity contribution >= 4 is 10.9 Å². The average Bonchev–Trinajstić information content (AvgIpc) is 2.88. The number of rotatable bonds is 6. The molecule has 3 heteroatoms. The van der Waals surface area contributed by atoms with Crippen LogP contribution >= 0.6 is 0 Å². The highest BCUT2D eigenvalue weighted by atomic mass is 19.1. The molecule has 1 heterocycles. The van der Waals surface area contributed by atoms with Gasteiger partial charge in [-0.25, -0.2) is 4.39 Å². The summed E-state index contributed by atoms with van der Waals surface area (Å²) in [6.07, 6.45) is 3.95. The predicted molar refractivity (Wildman–Crippen MR) is 89.3 cm³/mol. The first kappa shape index (κ1) is 14.5. The molecule has 22 heavy (non-hydrogen) atoms. The molecule has 2 nitrogen and oxygen atoms in total. The van der Waals surface area contributed by atoms with Gasteiger partial charge in [-0.05, 0) is 17.7 Å². The monoisotopic (exact) mass is 294 g/mol. The first-order valence-corrected chi connectivity index (χ1v) is 7.41. The first-order chi connectivity index (χ1) is 10.8. The van der Waals surface area contributed by atoms with Gasteiger partial charge in [0, 0.05) is 35.8 Å².